The number of methoxy groups -OCH3 is 1. The highest BCUT2D eigenvalue weighted by Crippen LogP contribution is 2.36. The number of aromatic nitrogens is 1. The van der Waals surface area contributed by atoms with Gasteiger partial charge in [-0.25, -0.2) is 4.98 Å². The summed E-state index contributed by atoms with van der Waals surface area (Å²) in [5.74, 6) is 0.785. The summed E-state index contributed by atoms with van der Waals surface area (Å²) in [5, 5.41) is 9.93. The van der Waals surface area contributed by atoms with Crippen LogP contribution in [0.4, 0.5) is 0 Å². The second-order valence-corrected chi connectivity index (χ2v) is 5.41. The molecule has 0 atom stereocenters. The topological polar surface area (TPSA) is 42.4 Å². The number of halogens is 1. The number of hydrogen-bond acceptors (Lipinski definition) is 4. The summed E-state index contributed by atoms with van der Waals surface area (Å²) in [6.45, 7) is -0.0633. The summed E-state index contributed by atoms with van der Waals surface area (Å²) in [7, 11) is 1.63. The van der Waals surface area contributed by atoms with Gasteiger partial charge in [0.15, 0.2) is 0 Å². The number of thiazole rings is 1. The van der Waals surface area contributed by atoms with Gasteiger partial charge in [0, 0.05) is 0 Å². The molecule has 0 spiro atoms. The van der Waals surface area contributed by atoms with Gasteiger partial charge < -0.3 is 9.84 Å². The quantitative estimate of drug-likeness (QED) is 0.947. The summed E-state index contributed by atoms with van der Waals surface area (Å²) < 4.78 is 6.13. The first-order chi connectivity index (χ1) is 7.76. The molecule has 1 heterocycles. The van der Waals surface area contributed by atoms with E-state index in [1.54, 1.807) is 7.11 Å². The Morgan fingerprint density at radius 2 is 2.19 bits per heavy atom. The molecule has 0 bridgehead atoms. The fourth-order valence-corrected chi connectivity index (χ4v) is 2.87. The second-order valence-electron chi connectivity index (χ2n) is 3.10. The van der Waals surface area contributed by atoms with Crippen LogP contribution in [0, 0.1) is 0 Å². The standard InChI is InChI=1S/C11H10BrNO2S/c1-15-9-5-3-2-4-7(9)11-13-8(6-14)10(12)16-11/h2-5,14H,6H2,1H3. The molecule has 0 amide bonds. The number of ether oxygens (including phenoxy) is 1. The van der Waals surface area contributed by atoms with Crippen LogP contribution in [0.3, 0.4) is 0 Å². The molecule has 0 radical (unpaired) electrons. The van der Waals surface area contributed by atoms with Crippen LogP contribution in [0.15, 0.2) is 28.1 Å². The largest absolute Gasteiger partial charge is 0.496 e. The molecule has 1 N–H and O–H groups in total. The van der Waals surface area contributed by atoms with Crippen LogP contribution in [0.2, 0.25) is 0 Å². The number of aliphatic hydroxyl groups excluding tert-OH is 1. The smallest absolute Gasteiger partial charge is 0.129 e. The van der Waals surface area contributed by atoms with E-state index in [2.05, 4.69) is 20.9 Å². The maximum atomic E-state index is 9.09. The molecule has 1 aromatic carbocycles. The maximum Gasteiger partial charge on any atom is 0.129 e. The van der Waals surface area contributed by atoms with Crippen molar-refractivity contribution in [1.29, 1.82) is 0 Å². The van der Waals surface area contributed by atoms with Crippen molar-refractivity contribution in [2.75, 3.05) is 7.11 Å². The Morgan fingerprint density at radius 3 is 2.81 bits per heavy atom. The van der Waals surface area contributed by atoms with E-state index in [0.717, 1.165) is 20.1 Å². The van der Waals surface area contributed by atoms with Crippen molar-refractivity contribution in [3.8, 4) is 16.3 Å². The van der Waals surface area contributed by atoms with Crippen molar-refractivity contribution in [1.82, 2.24) is 4.98 Å². The molecule has 3 nitrogen and oxygen atoms in total. The van der Waals surface area contributed by atoms with Gasteiger partial charge in [-0.3, -0.25) is 0 Å². The van der Waals surface area contributed by atoms with Crippen LogP contribution in [0.5, 0.6) is 5.75 Å². The predicted octanol–water partition coefficient (Wildman–Crippen LogP) is 3.07. The highest BCUT2D eigenvalue weighted by molar-refractivity contribution is 9.11. The van der Waals surface area contributed by atoms with E-state index < -0.39 is 0 Å². The van der Waals surface area contributed by atoms with E-state index in [1.165, 1.54) is 11.3 Å². The molecule has 0 aliphatic heterocycles. The van der Waals surface area contributed by atoms with Gasteiger partial charge in [0.25, 0.3) is 0 Å². The Morgan fingerprint density at radius 1 is 1.44 bits per heavy atom. The van der Waals surface area contributed by atoms with Crippen molar-refractivity contribution < 1.29 is 9.84 Å². The number of benzene rings is 1. The fourth-order valence-electron chi connectivity index (χ4n) is 1.37. The highest BCUT2D eigenvalue weighted by Gasteiger charge is 2.12. The third-order valence-electron chi connectivity index (χ3n) is 2.14. The van der Waals surface area contributed by atoms with Crippen molar-refractivity contribution in [3.05, 3.63) is 33.7 Å². The van der Waals surface area contributed by atoms with Gasteiger partial charge in [0.1, 0.15) is 10.8 Å². The third kappa shape index (κ3) is 2.11. The van der Waals surface area contributed by atoms with Crippen LogP contribution < -0.4 is 4.74 Å². The van der Waals surface area contributed by atoms with Crippen molar-refractivity contribution in [2.24, 2.45) is 0 Å². The molecule has 0 saturated carbocycles. The zero-order valence-corrected chi connectivity index (χ0v) is 11.0. The zero-order chi connectivity index (χ0) is 11.5. The zero-order valence-electron chi connectivity index (χ0n) is 8.61. The molecule has 84 valence electrons. The summed E-state index contributed by atoms with van der Waals surface area (Å²) in [4.78, 5) is 4.35. The molecule has 0 aliphatic carbocycles. The molecule has 16 heavy (non-hydrogen) atoms. The Labute approximate surface area is 106 Å². The Kier molecular flexibility index (Phi) is 3.58. The van der Waals surface area contributed by atoms with Crippen LogP contribution >= 0.6 is 27.3 Å². The first kappa shape index (κ1) is 11.6. The van der Waals surface area contributed by atoms with E-state index >= 15 is 0 Å². The minimum atomic E-state index is -0.0633. The van der Waals surface area contributed by atoms with Crippen molar-refractivity contribution in [2.45, 2.75) is 6.61 Å². The first-order valence-corrected chi connectivity index (χ1v) is 6.26. The lowest BCUT2D eigenvalue weighted by molar-refractivity contribution is 0.277. The predicted molar refractivity (Wildman–Crippen MR) is 67.7 cm³/mol. The van der Waals surface area contributed by atoms with Crippen molar-refractivity contribution in [3.63, 3.8) is 0 Å². The lowest BCUT2D eigenvalue weighted by atomic mass is 10.2. The Balaban J connectivity index is 2.49. The molecule has 0 fully saturated rings. The van der Waals surface area contributed by atoms with Gasteiger partial charge in [0.05, 0.1) is 28.8 Å². The number of para-hydroxylation sites is 1. The molecule has 2 aromatic rings. The molecule has 1 aromatic heterocycles. The van der Waals surface area contributed by atoms with E-state index in [9.17, 15) is 0 Å². The van der Waals surface area contributed by atoms with E-state index in [-0.39, 0.29) is 6.61 Å². The minimum absolute atomic E-state index is 0.0633. The maximum absolute atomic E-state index is 9.09. The van der Waals surface area contributed by atoms with Gasteiger partial charge in [-0.1, -0.05) is 12.1 Å². The molecule has 2 rings (SSSR count). The van der Waals surface area contributed by atoms with Crippen LogP contribution in [-0.2, 0) is 6.61 Å². The van der Waals surface area contributed by atoms with E-state index in [4.69, 9.17) is 9.84 Å². The molecular formula is C11H10BrNO2S. The minimum Gasteiger partial charge on any atom is -0.496 e. The normalized spacial score (nSPS) is 10.4. The van der Waals surface area contributed by atoms with Crippen LogP contribution in [0.1, 0.15) is 5.69 Å². The van der Waals surface area contributed by atoms with Crippen LogP contribution in [0.25, 0.3) is 10.6 Å². The first-order valence-electron chi connectivity index (χ1n) is 4.65. The molecule has 0 unspecified atom stereocenters. The van der Waals surface area contributed by atoms with Gasteiger partial charge in [-0.05, 0) is 28.1 Å². The van der Waals surface area contributed by atoms with Gasteiger partial charge in [-0.2, -0.15) is 0 Å². The molecular weight excluding hydrogens is 290 g/mol. The van der Waals surface area contributed by atoms with Crippen LogP contribution in [-0.4, -0.2) is 17.2 Å². The summed E-state index contributed by atoms with van der Waals surface area (Å²) in [5.41, 5.74) is 1.60. The SMILES string of the molecule is COc1ccccc1-c1nc(CO)c(Br)s1. The molecule has 0 saturated heterocycles. The van der Waals surface area contributed by atoms with Gasteiger partial charge in [-0.15, -0.1) is 11.3 Å². The lowest BCUT2D eigenvalue weighted by Crippen LogP contribution is -1.88. The Hall–Kier alpha value is -0.910. The fraction of sp³-hybridized carbons (Fsp3) is 0.182. The Bertz CT molecular complexity index is 498. The second kappa shape index (κ2) is 4.95. The molecule has 5 heteroatoms. The van der Waals surface area contributed by atoms with Crippen molar-refractivity contribution >= 4 is 27.3 Å². The highest BCUT2D eigenvalue weighted by atomic mass is 79.9. The average Bonchev–Trinajstić information content (AvgIpc) is 2.70. The monoisotopic (exact) mass is 299 g/mol. The number of hydrogen-bond donors (Lipinski definition) is 1. The lowest BCUT2D eigenvalue weighted by Gasteiger charge is -2.04. The number of aliphatic hydroxyl groups is 1. The number of nitrogens with zero attached hydrogens (tertiary/aromatic N) is 1. The van der Waals surface area contributed by atoms with E-state index in [1.807, 2.05) is 24.3 Å². The average molecular weight is 300 g/mol. The van der Waals surface area contributed by atoms with Gasteiger partial charge in [0.2, 0.25) is 0 Å². The molecule has 0 aliphatic rings. The summed E-state index contributed by atoms with van der Waals surface area (Å²) in [6, 6.07) is 7.69. The third-order valence-corrected chi connectivity index (χ3v) is 4.00. The summed E-state index contributed by atoms with van der Waals surface area (Å²) >= 11 is 4.86. The number of rotatable bonds is 3. The van der Waals surface area contributed by atoms with E-state index in [0.29, 0.717) is 5.69 Å². The van der Waals surface area contributed by atoms with Gasteiger partial charge >= 0.3 is 0 Å². The summed E-state index contributed by atoms with van der Waals surface area (Å²) in [6.07, 6.45) is 0.